The van der Waals surface area contributed by atoms with Crippen molar-refractivity contribution in [3.8, 4) is 0 Å². The lowest BCUT2D eigenvalue weighted by Crippen LogP contribution is -2.27. The van der Waals surface area contributed by atoms with Gasteiger partial charge >= 0.3 is 0 Å². The van der Waals surface area contributed by atoms with Crippen LogP contribution in [0.15, 0.2) is 23.4 Å². The lowest BCUT2D eigenvalue weighted by molar-refractivity contribution is 0.451. The van der Waals surface area contributed by atoms with E-state index in [4.69, 9.17) is 0 Å². The van der Waals surface area contributed by atoms with Crippen molar-refractivity contribution >= 4 is 21.4 Å². The number of aromatic nitrogens is 2. The molecule has 0 amide bonds. The second-order valence-corrected chi connectivity index (χ2v) is 8.23. The number of nitrogens with one attached hydrogen (secondary N) is 1. The van der Waals surface area contributed by atoms with E-state index in [1.807, 2.05) is 25.6 Å². The molecule has 0 radical (unpaired) electrons. The molecule has 0 aliphatic rings. The fourth-order valence-electron chi connectivity index (χ4n) is 2.04. The van der Waals surface area contributed by atoms with Crippen LogP contribution in [0.25, 0.3) is 0 Å². The van der Waals surface area contributed by atoms with Crippen LogP contribution in [-0.4, -0.2) is 36.4 Å². The van der Waals surface area contributed by atoms with E-state index in [2.05, 4.69) is 10.3 Å². The highest BCUT2D eigenvalue weighted by Gasteiger charge is 2.25. The highest BCUT2D eigenvalue weighted by Crippen LogP contribution is 2.28. The van der Waals surface area contributed by atoms with E-state index < -0.39 is 10.0 Å². The van der Waals surface area contributed by atoms with E-state index in [9.17, 15) is 8.42 Å². The first-order valence-electron chi connectivity index (χ1n) is 6.52. The van der Waals surface area contributed by atoms with E-state index in [-0.39, 0.29) is 6.54 Å². The first kappa shape index (κ1) is 16.2. The van der Waals surface area contributed by atoms with Gasteiger partial charge in [0.25, 0.3) is 0 Å². The summed E-state index contributed by atoms with van der Waals surface area (Å²) in [7, 11) is 1.78. The fourth-order valence-corrected chi connectivity index (χ4v) is 4.78. The second kappa shape index (κ2) is 6.27. The van der Waals surface area contributed by atoms with Crippen LogP contribution >= 0.6 is 11.3 Å². The molecule has 2 rings (SSSR count). The summed E-state index contributed by atoms with van der Waals surface area (Å²) in [5, 5.41) is 3.04. The molecule has 21 heavy (non-hydrogen) atoms. The second-order valence-electron chi connectivity index (χ2n) is 4.88. The normalized spacial score (nSPS) is 12.2. The zero-order valence-corrected chi connectivity index (χ0v) is 14.3. The van der Waals surface area contributed by atoms with Crippen LogP contribution in [0.3, 0.4) is 0 Å². The zero-order chi connectivity index (χ0) is 15.6. The summed E-state index contributed by atoms with van der Waals surface area (Å²) < 4.78 is 28.5. The molecule has 0 bridgehead atoms. The molecule has 0 fully saturated rings. The van der Waals surface area contributed by atoms with Crippen molar-refractivity contribution in [1.29, 1.82) is 0 Å². The lowest BCUT2D eigenvalue weighted by Gasteiger charge is -2.16. The van der Waals surface area contributed by atoms with Gasteiger partial charge in [-0.05, 0) is 20.0 Å². The van der Waals surface area contributed by atoms with Crippen molar-refractivity contribution in [1.82, 2.24) is 19.2 Å². The number of aryl methyl sites for hydroxylation is 2. The molecule has 1 N–H and O–H groups in total. The maximum atomic E-state index is 12.7. The maximum Gasteiger partial charge on any atom is 0.244 e. The zero-order valence-electron chi connectivity index (χ0n) is 12.6. The topological polar surface area (TPSA) is 67.2 Å². The highest BCUT2D eigenvalue weighted by atomic mass is 32.2. The average molecular weight is 328 g/mol. The Morgan fingerprint density at radius 3 is 2.76 bits per heavy atom. The highest BCUT2D eigenvalue weighted by molar-refractivity contribution is 7.89. The predicted molar refractivity (Wildman–Crippen MR) is 83.7 cm³/mol. The van der Waals surface area contributed by atoms with E-state index in [1.54, 1.807) is 25.5 Å². The Hall–Kier alpha value is -1.22. The number of hydrogen-bond donors (Lipinski definition) is 1. The van der Waals surface area contributed by atoms with Crippen LogP contribution in [0.4, 0.5) is 0 Å². The van der Waals surface area contributed by atoms with Crippen LogP contribution in [0.1, 0.15) is 15.6 Å². The van der Waals surface area contributed by atoms with Crippen LogP contribution in [0, 0.1) is 6.92 Å². The Bertz CT molecular complexity index is 718. The first-order chi connectivity index (χ1) is 9.86. The molecule has 2 aromatic rings. The molecule has 0 aliphatic heterocycles. The predicted octanol–water partition coefficient (Wildman–Crippen LogP) is 1.33. The van der Waals surface area contributed by atoms with Gasteiger partial charge in [-0.3, -0.25) is 0 Å². The van der Waals surface area contributed by atoms with Crippen LogP contribution in [-0.2, 0) is 30.2 Å². The maximum absolute atomic E-state index is 12.7. The van der Waals surface area contributed by atoms with Crippen molar-refractivity contribution in [2.45, 2.75) is 24.9 Å². The van der Waals surface area contributed by atoms with Gasteiger partial charge < -0.3 is 9.88 Å². The van der Waals surface area contributed by atoms with Gasteiger partial charge in [0.1, 0.15) is 5.82 Å². The van der Waals surface area contributed by atoms with Crippen molar-refractivity contribution in [2.75, 3.05) is 14.1 Å². The van der Waals surface area contributed by atoms with Gasteiger partial charge in [0.05, 0.1) is 11.4 Å². The van der Waals surface area contributed by atoms with Crippen LogP contribution < -0.4 is 5.32 Å². The molecule has 2 heterocycles. The summed E-state index contributed by atoms with van der Waals surface area (Å²) in [5.74, 6) is 0.712. The molecule has 0 aromatic carbocycles. The molecule has 0 aliphatic carbocycles. The summed E-state index contributed by atoms with van der Waals surface area (Å²) in [4.78, 5) is 6.38. The third-order valence-electron chi connectivity index (χ3n) is 3.25. The minimum Gasteiger partial charge on any atom is -0.337 e. The molecule has 116 valence electrons. The minimum absolute atomic E-state index is 0.252. The fraction of sp³-hybridized carbons (Fsp3) is 0.462. The summed E-state index contributed by atoms with van der Waals surface area (Å²) in [6.45, 7) is 2.76. The summed E-state index contributed by atoms with van der Waals surface area (Å²) in [5.41, 5.74) is 0. The molecule has 0 saturated carbocycles. The third-order valence-corrected chi connectivity index (χ3v) is 6.36. The molecule has 0 saturated heterocycles. The summed E-state index contributed by atoms with van der Waals surface area (Å²) >= 11 is 1.51. The molecular formula is C13H20N4O2S2. The van der Waals surface area contributed by atoms with Crippen LogP contribution in [0.2, 0.25) is 0 Å². The van der Waals surface area contributed by atoms with Crippen molar-refractivity contribution in [3.63, 3.8) is 0 Å². The number of hydrogen-bond acceptors (Lipinski definition) is 5. The average Bonchev–Trinajstić information content (AvgIpc) is 2.97. The van der Waals surface area contributed by atoms with E-state index in [0.717, 1.165) is 9.75 Å². The van der Waals surface area contributed by atoms with Gasteiger partial charge in [-0.15, -0.1) is 11.3 Å². The Labute approximate surface area is 129 Å². The summed E-state index contributed by atoms with van der Waals surface area (Å²) in [6.07, 6.45) is 3.47. The molecule has 2 aromatic heterocycles. The SMILES string of the molecule is CNCc1cc(S(=O)(=O)N(C)Cc2nccn2C)c(C)s1. The number of rotatable bonds is 6. The van der Waals surface area contributed by atoms with Gasteiger partial charge in [-0.2, -0.15) is 4.31 Å². The first-order valence-corrected chi connectivity index (χ1v) is 8.78. The number of sulfonamides is 1. The monoisotopic (exact) mass is 328 g/mol. The standard InChI is InChI=1S/C13H20N4O2S2/c1-10-12(7-11(20-10)8-14-2)21(18,19)17(4)9-13-15-5-6-16(13)3/h5-7,14H,8-9H2,1-4H3. The molecule has 8 heteroatoms. The molecule has 0 spiro atoms. The van der Waals surface area contributed by atoms with Gasteiger partial charge in [-0.25, -0.2) is 13.4 Å². The quantitative estimate of drug-likeness (QED) is 0.869. The van der Waals surface area contributed by atoms with E-state index in [0.29, 0.717) is 17.3 Å². The van der Waals surface area contributed by atoms with Gasteiger partial charge in [0, 0.05) is 42.8 Å². The van der Waals surface area contributed by atoms with E-state index >= 15 is 0 Å². The lowest BCUT2D eigenvalue weighted by atomic mass is 10.4. The van der Waals surface area contributed by atoms with E-state index in [1.165, 1.54) is 15.6 Å². The Kier molecular flexibility index (Phi) is 4.82. The Morgan fingerprint density at radius 2 is 2.19 bits per heavy atom. The minimum atomic E-state index is -3.50. The van der Waals surface area contributed by atoms with Crippen molar-refractivity contribution < 1.29 is 8.42 Å². The largest absolute Gasteiger partial charge is 0.337 e. The molecule has 6 nitrogen and oxygen atoms in total. The molecule has 0 unspecified atom stereocenters. The van der Waals surface area contributed by atoms with Crippen molar-refractivity contribution in [2.24, 2.45) is 7.05 Å². The Morgan fingerprint density at radius 1 is 1.48 bits per heavy atom. The van der Waals surface area contributed by atoms with Gasteiger partial charge in [-0.1, -0.05) is 0 Å². The number of nitrogens with zero attached hydrogens (tertiary/aromatic N) is 3. The van der Waals surface area contributed by atoms with Gasteiger partial charge in [0.15, 0.2) is 0 Å². The molecular weight excluding hydrogens is 308 g/mol. The third kappa shape index (κ3) is 3.34. The number of thiophene rings is 1. The Balaban J connectivity index is 2.26. The summed E-state index contributed by atoms with van der Waals surface area (Å²) in [6, 6.07) is 1.75. The number of imidazole rings is 1. The van der Waals surface area contributed by atoms with Crippen molar-refractivity contribution in [3.05, 3.63) is 34.0 Å². The smallest absolute Gasteiger partial charge is 0.244 e. The van der Waals surface area contributed by atoms with Crippen LogP contribution in [0.5, 0.6) is 0 Å². The molecule has 0 atom stereocenters. The van der Waals surface area contributed by atoms with Gasteiger partial charge in [0.2, 0.25) is 10.0 Å².